The van der Waals surface area contributed by atoms with Gasteiger partial charge in [-0.3, -0.25) is 18.2 Å². The van der Waals surface area contributed by atoms with Crippen LogP contribution in [0.2, 0.25) is 0 Å². The van der Waals surface area contributed by atoms with Crippen LogP contribution in [0.5, 0.6) is 0 Å². The largest absolute Gasteiger partial charge is 0.393 e. The summed E-state index contributed by atoms with van der Waals surface area (Å²) in [5.74, 6) is 0.152. The van der Waals surface area contributed by atoms with E-state index in [-0.39, 0.29) is 30.9 Å². The standard InChI is InChI=1S/C18H28N5O7P/c1-4-16(5-2,29-31(27)18(26,6-3)30-31)7-11-13(24)17(25,8-28-11)23-10-22-12-14(19)20-9-21-15(12)23/h9-11,13,24-26H,4-8H2,1-3H3,(H2,19,20,21)/t11?,13-,17-,18?,31?/m1/s1. The lowest BCUT2D eigenvalue weighted by Crippen LogP contribution is -2.48. The third-order valence-corrected chi connectivity index (χ3v) is 8.68. The molecular formula is C18H28N5O7P. The van der Waals surface area contributed by atoms with Gasteiger partial charge in [0, 0.05) is 12.8 Å². The molecule has 4 rings (SSSR count). The molecule has 2 saturated heterocycles. The quantitative estimate of drug-likeness (QED) is 0.329. The van der Waals surface area contributed by atoms with Gasteiger partial charge in [0.2, 0.25) is 0 Å². The molecule has 2 aliphatic rings. The van der Waals surface area contributed by atoms with Crippen molar-refractivity contribution in [1.29, 1.82) is 0 Å². The first-order chi connectivity index (χ1) is 14.6. The first kappa shape index (κ1) is 22.5. The minimum atomic E-state index is -3.68. The summed E-state index contributed by atoms with van der Waals surface area (Å²) in [7, 11) is -3.68. The Hall–Kier alpha value is -1.66. The van der Waals surface area contributed by atoms with Gasteiger partial charge in [-0.15, -0.1) is 0 Å². The third-order valence-electron chi connectivity index (χ3n) is 6.41. The van der Waals surface area contributed by atoms with E-state index in [0.29, 0.717) is 18.4 Å². The van der Waals surface area contributed by atoms with Crippen LogP contribution in [0.1, 0.15) is 46.5 Å². The smallest absolute Gasteiger partial charge is 0.385 e. The number of hydrogen-bond acceptors (Lipinski definition) is 11. The molecule has 2 aromatic rings. The van der Waals surface area contributed by atoms with E-state index in [4.69, 9.17) is 19.5 Å². The number of ether oxygens (including phenoxy) is 1. The maximum atomic E-state index is 12.8. The highest BCUT2D eigenvalue weighted by Gasteiger charge is 2.71. The molecule has 0 bridgehead atoms. The molecule has 12 nitrogen and oxygen atoms in total. The van der Waals surface area contributed by atoms with Gasteiger partial charge in [0.15, 0.2) is 17.2 Å². The lowest BCUT2D eigenvalue weighted by atomic mass is 9.88. The summed E-state index contributed by atoms with van der Waals surface area (Å²) in [5, 5.41) is 32.5. The number of nitrogens with two attached hydrogens (primary N) is 1. The molecule has 3 unspecified atom stereocenters. The summed E-state index contributed by atoms with van der Waals surface area (Å²) in [6.45, 7) is 5.12. The summed E-state index contributed by atoms with van der Waals surface area (Å²) >= 11 is 0. The van der Waals surface area contributed by atoms with Crippen molar-refractivity contribution in [3.63, 3.8) is 0 Å². The Kier molecular flexibility index (Phi) is 5.41. The predicted octanol–water partition coefficient (Wildman–Crippen LogP) is 1.06. The van der Waals surface area contributed by atoms with E-state index in [0.717, 1.165) is 0 Å². The van der Waals surface area contributed by atoms with Crippen LogP contribution < -0.4 is 5.73 Å². The van der Waals surface area contributed by atoms with Crippen molar-refractivity contribution in [3.05, 3.63) is 12.7 Å². The number of imidazole rings is 1. The topological polar surface area (TPSA) is 178 Å². The molecule has 0 aliphatic carbocycles. The van der Waals surface area contributed by atoms with Crippen LogP contribution in [0.4, 0.5) is 5.82 Å². The number of nitrogen functional groups attached to an aromatic ring is 1. The molecule has 0 amide bonds. The van der Waals surface area contributed by atoms with E-state index in [1.54, 1.807) is 6.92 Å². The molecule has 5 atom stereocenters. The number of fused-ring (bicyclic) bond motifs is 1. The summed E-state index contributed by atoms with van der Waals surface area (Å²) in [6.07, 6.45) is 1.48. The third kappa shape index (κ3) is 3.37. The number of aromatic nitrogens is 4. The molecule has 0 spiro atoms. The van der Waals surface area contributed by atoms with Gasteiger partial charge in [-0.25, -0.2) is 15.0 Å². The average molecular weight is 457 g/mol. The molecule has 2 fully saturated rings. The zero-order valence-electron chi connectivity index (χ0n) is 17.6. The van der Waals surface area contributed by atoms with E-state index in [2.05, 4.69) is 15.0 Å². The molecule has 0 saturated carbocycles. The second kappa shape index (κ2) is 7.45. The van der Waals surface area contributed by atoms with Crippen molar-refractivity contribution in [2.24, 2.45) is 0 Å². The molecule has 172 valence electrons. The van der Waals surface area contributed by atoms with Gasteiger partial charge < -0.3 is 25.8 Å². The lowest BCUT2D eigenvalue weighted by molar-refractivity contribution is -0.111. The van der Waals surface area contributed by atoms with Crippen molar-refractivity contribution >= 4 is 24.6 Å². The van der Waals surface area contributed by atoms with E-state index in [9.17, 15) is 19.9 Å². The number of anilines is 1. The molecule has 0 radical (unpaired) electrons. The zero-order chi connectivity index (χ0) is 22.7. The van der Waals surface area contributed by atoms with Crippen LogP contribution in [0.15, 0.2) is 12.7 Å². The van der Waals surface area contributed by atoms with Gasteiger partial charge in [-0.05, 0) is 12.8 Å². The SMILES string of the molecule is CCC(CC)(CC1OC[C@](O)(n2cnc3c(N)ncnc32)[C@@H]1O)OP1(=O)OC1(O)CC. The fourth-order valence-corrected chi connectivity index (χ4v) is 6.15. The second-order valence-corrected chi connectivity index (χ2v) is 10.1. The maximum absolute atomic E-state index is 12.8. The molecule has 31 heavy (non-hydrogen) atoms. The van der Waals surface area contributed by atoms with Gasteiger partial charge in [0.05, 0.1) is 24.6 Å². The Labute approximate surface area is 178 Å². The maximum Gasteiger partial charge on any atom is 0.393 e. The Bertz CT molecular complexity index is 1030. The highest BCUT2D eigenvalue weighted by atomic mass is 31.2. The van der Waals surface area contributed by atoms with E-state index in [1.165, 1.54) is 17.2 Å². The van der Waals surface area contributed by atoms with Crippen LogP contribution in [0, 0.1) is 0 Å². The van der Waals surface area contributed by atoms with Crippen molar-refractivity contribution in [1.82, 2.24) is 19.5 Å². The molecule has 2 aromatic heterocycles. The van der Waals surface area contributed by atoms with Gasteiger partial charge in [0.25, 0.3) is 5.53 Å². The molecular weight excluding hydrogens is 429 g/mol. The van der Waals surface area contributed by atoms with Crippen LogP contribution in [0.3, 0.4) is 0 Å². The van der Waals surface area contributed by atoms with Crippen molar-refractivity contribution in [2.75, 3.05) is 12.3 Å². The minimum absolute atomic E-state index is 0.125. The molecule has 13 heteroatoms. The lowest BCUT2D eigenvalue weighted by Gasteiger charge is -2.35. The highest BCUT2D eigenvalue weighted by molar-refractivity contribution is 7.61. The van der Waals surface area contributed by atoms with Gasteiger partial charge in [0.1, 0.15) is 17.9 Å². The van der Waals surface area contributed by atoms with Gasteiger partial charge in [-0.1, -0.05) is 20.8 Å². The fourth-order valence-electron chi connectivity index (χ4n) is 4.07. The van der Waals surface area contributed by atoms with Crippen LogP contribution in [-0.4, -0.2) is 64.8 Å². The second-order valence-electron chi connectivity index (χ2n) is 8.09. The normalized spacial score (nSPS) is 35.7. The molecule has 5 N–H and O–H groups in total. The molecule has 0 aromatic carbocycles. The monoisotopic (exact) mass is 457 g/mol. The van der Waals surface area contributed by atoms with Gasteiger partial charge >= 0.3 is 7.60 Å². The summed E-state index contributed by atoms with van der Waals surface area (Å²) < 4.78 is 30.8. The Morgan fingerprint density at radius 3 is 2.65 bits per heavy atom. The first-order valence-corrected chi connectivity index (χ1v) is 11.8. The van der Waals surface area contributed by atoms with E-state index < -0.39 is 36.7 Å². The Balaban J connectivity index is 1.58. The summed E-state index contributed by atoms with van der Waals surface area (Å²) in [4.78, 5) is 12.1. The molecule has 2 aliphatic heterocycles. The number of nitrogens with zero attached hydrogens (tertiary/aromatic N) is 4. The number of aliphatic hydroxyl groups excluding tert-OH is 1. The van der Waals surface area contributed by atoms with Crippen molar-refractivity contribution in [3.8, 4) is 0 Å². The zero-order valence-corrected chi connectivity index (χ0v) is 18.5. The van der Waals surface area contributed by atoms with Crippen LogP contribution in [0.25, 0.3) is 11.2 Å². The van der Waals surface area contributed by atoms with Crippen LogP contribution in [-0.2, 0) is 24.1 Å². The number of aliphatic hydroxyl groups is 3. The van der Waals surface area contributed by atoms with E-state index in [1.807, 2.05) is 13.8 Å². The van der Waals surface area contributed by atoms with E-state index >= 15 is 0 Å². The summed E-state index contributed by atoms with van der Waals surface area (Å²) in [6, 6.07) is 0. The molecule has 4 heterocycles. The van der Waals surface area contributed by atoms with Gasteiger partial charge in [-0.2, -0.15) is 0 Å². The minimum Gasteiger partial charge on any atom is -0.385 e. The van der Waals surface area contributed by atoms with Crippen molar-refractivity contribution in [2.45, 2.75) is 75.5 Å². The number of rotatable bonds is 8. The summed E-state index contributed by atoms with van der Waals surface area (Å²) in [5.41, 5.74) is 1.76. The fraction of sp³-hybridized carbons (Fsp3) is 0.722. The number of hydrogen-bond donors (Lipinski definition) is 4. The van der Waals surface area contributed by atoms with Crippen LogP contribution >= 0.6 is 7.60 Å². The highest BCUT2D eigenvalue weighted by Crippen LogP contribution is 2.80. The Morgan fingerprint density at radius 2 is 2.03 bits per heavy atom. The predicted molar refractivity (Wildman–Crippen MR) is 109 cm³/mol. The first-order valence-electron chi connectivity index (χ1n) is 10.3. The average Bonchev–Trinajstić information content (AvgIpc) is 3.04. The van der Waals surface area contributed by atoms with Crippen molar-refractivity contribution < 1.29 is 33.7 Å². The Morgan fingerprint density at radius 1 is 1.32 bits per heavy atom.